The first-order chi connectivity index (χ1) is 22.2. The zero-order chi connectivity index (χ0) is 30.3. The minimum Gasteiger partial charge on any atom is -0.457 e. The zero-order valence-electron chi connectivity index (χ0n) is 25.1. The van der Waals surface area contributed by atoms with E-state index in [4.69, 9.17) is 9.72 Å². The molecule has 0 N–H and O–H groups in total. The van der Waals surface area contributed by atoms with Crippen molar-refractivity contribution in [2.45, 2.75) is 13.8 Å². The number of pyridine rings is 2. The van der Waals surface area contributed by atoms with Crippen LogP contribution < -0.4 is 9.64 Å². The number of ether oxygens (including phenoxy) is 1. The number of benzene rings is 5. The quantitative estimate of drug-likeness (QED) is 0.183. The Morgan fingerprint density at radius 1 is 0.578 bits per heavy atom. The highest BCUT2D eigenvalue weighted by atomic mass is 16.5. The summed E-state index contributed by atoms with van der Waals surface area (Å²) >= 11 is 0. The van der Waals surface area contributed by atoms with Gasteiger partial charge in [-0.1, -0.05) is 66.7 Å². The molecular weight excluding hydrogens is 552 g/mol. The third-order valence-corrected chi connectivity index (χ3v) is 8.37. The topological polar surface area (TPSA) is 42.7 Å². The summed E-state index contributed by atoms with van der Waals surface area (Å²) in [5, 5.41) is 3.36. The van der Waals surface area contributed by atoms with Gasteiger partial charge in [-0.25, -0.2) is 9.97 Å². The Morgan fingerprint density at radius 2 is 1.31 bits per heavy atom. The molecule has 0 atom stereocenters. The molecule has 216 valence electrons. The highest BCUT2D eigenvalue weighted by Crippen LogP contribution is 2.39. The maximum absolute atomic E-state index is 6.56. The first-order valence-corrected chi connectivity index (χ1v) is 15.1. The Labute approximate surface area is 261 Å². The molecule has 8 aromatic rings. The minimum absolute atomic E-state index is 0.736. The molecule has 0 fully saturated rings. The van der Waals surface area contributed by atoms with Gasteiger partial charge in [0.25, 0.3) is 0 Å². The molecule has 3 heterocycles. The summed E-state index contributed by atoms with van der Waals surface area (Å²) in [6.07, 6.45) is 3.82. The maximum Gasteiger partial charge on any atom is 0.145 e. The van der Waals surface area contributed by atoms with Crippen molar-refractivity contribution < 1.29 is 4.74 Å². The predicted octanol–water partition coefficient (Wildman–Crippen LogP) is 10.6. The highest BCUT2D eigenvalue weighted by molar-refractivity contribution is 6.12. The Bertz CT molecular complexity index is 2270. The second-order valence-corrected chi connectivity index (χ2v) is 11.3. The van der Waals surface area contributed by atoms with Gasteiger partial charge in [0.15, 0.2) is 0 Å². The lowest BCUT2D eigenvalue weighted by molar-refractivity contribution is 0.483. The van der Waals surface area contributed by atoms with E-state index in [-0.39, 0.29) is 0 Å². The van der Waals surface area contributed by atoms with Crippen molar-refractivity contribution in [2.75, 3.05) is 4.90 Å². The van der Waals surface area contributed by atoms with Crippen LogP contribution in [-0.2, 0) is 0 Å². The monoisotopic (exact) mass is 582 g/mol. The zero-order valence-corrected chi connectivity index (χ0v) is 25.1. The summed E-state index contributed by atoms with van der Waals surface area (Å²) in [6.45, 7) is 4.33. The van der Waals surface area contributed by atoms with Crippen LogP contribution in [0.2, 0.25) is 0 Å². The van der Waals surface area contributed by atoms with Crippen LogP contribution in [0.3, 0.4) is 0 Å². The van der Waals surface area contributed by atoms with E-state index in [1.807, 2.05) is 67.0 Å². The molecule has 0 bridgehead atoms. The van der Waals surface area contributed by atoms with Crippen LogP contribution in [0.25, 0.3) is 38.6 Å². The summed E-state index contributed by atoms with van der Waals surface area (Å²) in [5.41, 5.74) is 8.78. The van der Waals surface area contributed by atoms with Crippen LogP contribution in [0.15, 0.2) is 146 Å². The van der Waals surface area contributed by atoms with Crippen LogP contribution in [0.1, 0.15) is 11.1 Å². The molecule has 5 heteroatoms. The second kappa shape index (κ2) is 11.0. The molecule has 0 amide bonds. The number of aryl methyl sites for hydroxylation is 2. The van der Waals surface area contributed by atoms with Gasteiger partial charge in [0, 0.05) is 34.3 Å². The molecule has 0 aliphatic carbocycles. The number of nitrogens with zero attached hydrogens (tertiary/aromatic N) is 4. The molecule has 0 radical (unpaired) electrons. The number of hydrogen-bond acceptors (Lipinski definition) is 4. The smallest absolute Gasteiger partial charge is 0.145 e. The summed E-state index contributed by atoms with van der Waals surface area (Å²) in [6, 6.07) is 45.6. The van der Waals surface area contributed by atoms with Gasteiger partial charge < -0.3 is 4.74 Å². The molecular formula is C40H30N4O. The summed E-state index contributed by atoms with van der Waals surface area (Å²) in [5.74, 6) is 2.32. The lowest BCUT2D eigenvalue weighted by Crippen LogP contribution is -2.11. The summed E-state index contributed by atoms with van der Waals surface area (Å²) in [7, 11) is 0. The average molecular weight is 583 g/mol. The minimum atomic E-state index is 0.736. The third-order valence-electron chi connectivity index (χ3n) is 8.37. The summed E-state index contributed by atoms with van der Waals surface area (Å²) < 4.78 is 8.85. The van der Waals surface area contributed by atoms with Crippen LogP contribution in [-0.4, -0.2) is 14.4 Å². The number of rotatable bonds is 6. The van der Waals surface area contributed by atoms with Crippen molar-refractivity contribution >= 4 is 44.5 Å². The highest BCUT2D eigenvalue weighted by Gasteiger charge is 2.18. The lowest BCUT2D eigenvalue weighted by Gasteiger charge is -2.24. The van der Waals surface area contributed by atoms with Crippen LogP contribution >= 0.6 is 0 Å². The number of imidazole rings is 1. The van der Waals surface area contributed by atoms with Crippen molar-refractivity contribution in [1.82, 2.24) is 14.4 Å². The van der Waals surface area contributed by atoms with E-state index >= 15 is 0 Å². The molecule has 5 nitrogen and oxygen atoms in total. The van der Waals surface area contributed by atoms with Gasteiger partial charge in [-0.15, -0.1) is 0 Å². The van der Waals surface area contributed by atoms with Gasteiger partial charge in [0.1, 0.15) is 23.0 Å². The van der Waals surface area contributed by atoms with Crippen molar-refractivity contribution in [1.29, 1.82) is 0 Å². The van der Waals surface area contributed by atoms with E-state index in [1.54, 1.807) is 0 Å². The number of aromatic nitrogens is 3. The Balaban J connectivity index is 1.25. The van der Waals surface area contributed by atoms with E-state index in [1.165, 1.54) is 22.1 Å². The standard InChI is InChI=1S/C40H30N4O/c1-27-12-10-13-28(2)39(27)37-26-42-40-35-25-32(21-22-33(35)34-18-6-7-19-36(34)44(37)40)45-31-17-11-16-30(24-31)43(29-14-4-3-5-15-29)38-20-8-9-23-41-38/h3-26H,1-2H3. The van der Waals surface area contributed by atoms with Crippen molar-refractivity contribution in [3.8, 4) is 22.8 Å². The van der Waals surface area contributed by atoms with E-state index in [9.17, 15) is 0 Å². The third kappa shape index (κ3) is 4.66. The molecule has 45 heavy (non-hydrogen) atoms. The molecule has 0 unspecified atom stereocenters. The number of para-hydroxylation sites is 2. The fraction of sp³-hybridized carbons (Fsp3) is 0.0500. The molecule has 0 saturated heterocycles. The fourth-order valence-corrected chi connectivity index (χ4v) is 6.38. The normalized spacial score (nSPS) is 11.3. The molecule has 8 rings (SSSR count). The van der Waals surface area contributed by atoms with E-state index in [2.05, 4.69) is 107 Å². The number of anilines is 3. The van der Waals surface area contributed by atoms with Crippen molar-refractivity contribution in [2.24, 2.45) is 0 Å². The molecule has 0 spiro atoms. The first-order valence-electron chi connectivity index (χ1n) is 15.1. The molecule has 5 aromatic carbocycles. The molecule has 0 aliphatic rings. The average Bonchev–Trinajstić information content (AvgIpc) is 3.51. The van der Waals surface area contributed by atoms with Gasteiger partial charge in [-0.3, -0.25) is 9.30 Å². The number of hydrogen-bond donors (Lipinski definition) is 0. The Hall–Kier alpha value is -5.94. The van der Waals surface area contributed by atoms with Gasteiger partial charge in [-0.2, -0.15) is 0 Å². The second-order valence-electron chi connectivity index (χ2n) is 11.3. The molecule has 0 aliphatic heterocycles. The van der Waals surface area contributed by atoms with Gasteiger partial charge >= 0.3 is 0 Å². The first kappa shape index (κ1) is 26.7. The van der Waals surface area contributed by atoms with Crippen molar-refractivity contribution in [3.63, 3.8) is 0 Å². The molecule has 0 saturated carbocycles. The summed E-state index contributed by atoms with van der Waals surface area (Å²) in [4.78, 5) is 11.8. The largest absolute Gasteiger partial charge is 0.457 e. The maximum atomic E-state index is 6.56. The van der Waals surface area contributed by atoms with Gasteiger partial charge in [-0.05, 0) is 91.0 Å². The van der Waals surface area contributed by atoms with Gasteiger partial charge in [0.05, 0.1) is 23.1 Å². The Morgan fingerprint density at radius 3 is 2.13 bits per heavy atom. The van der Waals surface area contributed by atoms with E-state index < -0.39 is 0 Å². The number of fused-ring (bicyclic) bond motifs is 6. The van der Waals surface area contributed by atoms with E-state index in [0.29, 0.717) is 0 Å². The predicted molar refractivity (Wildman–Crippen MR) is 184 cm³/mol. The Kier molecular flexibility index (Phi) is 6.50. The van der Waals surface area contributed by atoms with Crippen LogP contribution in [0, 0.1) is 13.8 Å². The molecule has 3 aromatic heterocycles. The van der Waals surface area contributed by atoms with Crippen molar-refractivity contribution in [3.05, 3.63) is 157 Å². The van der Waals surface area contributed by atoms with Crippen LogP contribution in [0.5, 0.6) is 11.5 Å². The lowest BCUT2D eigenvalue weighted by atomic mass is 10.00. The van der Waals surface area contributed by atoms with E-state index in [0.717, 1.165) is 56.3 Å². The fourth-order valence-electron chi connectivity index (χ4n) is 6.38. The van der Waals surface area contributed by atoms with Crippen LogP contribution in [0.4, 0.5) is 17.2 Å². The van der Waals surface area contributed by atoms with Gasteiger partial charge in [0.2, 0.25) is 0 Å². The SMILES string of the molecule is Cc1cccc(C)c1-c1cnc2c3cc(Oc4cccc(N(c5ccccc5)c5ccccn5)c4)ccc3c3ccccc3n12.